The summed E-state index contributed by atoms with van der Waals surface area (Å²) in [5.74, 6) is 0.392. The van der Waals surface area contributed by atoms with Gasteiger partial charge in [-0.3, -0.25) is 14.7 Å². The number of carbonyl (C=O) groups is 1. The molecule has 0 saturated carbocycles. The Hall–Kier alpha value is -1.47. The summed E-state index contributed by atoms with van der Waals surface area (Å²) in [5.41, 5.74) is 1.91. The van der Waals surface area contributed by atoms with Gasteiger partial charge in [0.1, 0.15) is 0 Å². The molecule has 0 amide bonds. The number of aliphatic hydroxyl groups is 1. The number of aliphatic hydroxyl groups excluding tert-OH is 1. The molecule has 0 bridgehead atoms. The first-order valence-electron chi connectivity index (χ1n) is 10.5. The molecule has 2 atom stereocenters. The van der Waals surface area contributed by atoms with Crippen LogP contribution < -0.4 is 0 Å². The van der Waals surface area contributed by atoms with Crippen LogP contribution in [-0.2, 0) is 11.3 Å². The lowest BCUT2D eigenvalue weighted by atomic mass is 9.83. The van der Waals surface area contributed by atoms with E-state index >= 15 is 0 Å². The zero-order valence-electron chi connectivity index (χ0n) is 17.3. The SMILES string of the molecule is COC(=O)c1cccc(CN2C[C@@H]3C[C@@H](O)CN3C3(C2)CN(CC(C)C)C3)c1. The first-order chi connectivity index (χ1) is 13.4. The Labute approximate surface area is 168 Å². The molecule has 6 heteroatoms. The smallest absolute Gasteiger partial charge is 0.337 e. The molecular weight excluding hydrogens is 354 g/mol. The molecule has 3 fully saturated rings. The predicted molar refractivity (Wildman–Crippen MR) is 108 cm³/mol. The van der Waals surface area contributed by atoms with Gasteiger partial charge in [-0.1, -0.05) is 26.0 Å². The van der Waals surface area contributed by atoms with Crippen LogP contribution in [0.2, 0.25) is 0 Å². The van der Waals surface area contributed by atoms with Crippen molar-refractivity contribution in [3.63, 3.8) is 0 Å². The third-order valence-electron chi connectivity index (χ3n) is 6.40. The van der Waals surface area contributed by atoms with E-state index in [4.69, 9.17) is 4.74 Å². The second-order valence-corrected chi connectivity index (χ2v) is 9.35. The summed E-state index contributed by atoms with van der Waals surface area (Å²) in [4.78, 5) is 19.5. The van der Waals surface area contributed by atoms with Gasteiger partial charge >= 0.3 is 5.97 Å². The molecule has 1 aromatic carbocycles. The summed E-state index contributed by atoms with van der Waals surface area (Å²) in [6.07, 6.45) is 0.661. The number of benzene rings is 1. The molecule has 154 valence electrons. The molecule has 1 N–H and O–H groups in total. The number of ether oxygens (including phenoxy) is 1. The number of β-amino-alcohol motifs (C(OH)–C–C–N with tert-alkyl or cyclic N) is 1. The van der Waals surface area contributed by atoms with E-state index in [2.05, 4.69) is 34.6 Å². The van der Waals surface area contributed by atoms with Crippen LogP contribution in [0.25, 0.3) is 0 Å². The number of carbonyl (C=O) groups excluding carboxylic acids is 1. The van der Waals surface area contributed by atoms with E-state index in [1.807, 2.05) is 12.1 Å². The van der Waals surface area contributed by atoms with Crippen molar-refractivity contribution >= 4 is 5.97 Å². The minimum absolute atomic E-state index is 0.162. The van der Waals surface area contributed by atoms with Gasteiger partial charge in [0.25, 0.3) is 0 Å². The van der Waals surface area contributed by atoms with Gasteiger partial charge in [0, 0.05) is 51.9 Å². The standard InChI is InChI=1S/C22H33N3O3/c1-16(2)9-24-14-22(15-24)13-23(11-19-8-20(26)12-25(19)22)10-17-5-4-6-18(7-17)21(27)28-3/h4-7,16,19-20,26H,8-15H2,1-3H3/t19-,20+/m0/s1. The summed E-state index contributed by atoms with van der Waals surface area (Å²) in [6, 6.07) is 8.19. The second kappa shape index (κ2) is 7.75. The monoisotopic (exact) mass is 387 g/mol. The predicted octanol–water partition coefficient (Wildman–Crippen LogP) is 1.43. The molecule has 3 aliphatic rings. The summed E-state index contributed by atoms with van der Waals surface area (Å²) in [6.45, 7) is 11.5. The van der Waals surface area contributed by atoms with Crippen LogP contribution in [-0.4, -0.2) is 89.8 Å². The molecular formula is C22H33N3O3. The average Bonchev–Trinajstić information content (AvgIpc) is 3.00. The molecule has 3 aliphatic heterocycles. The maximum Gasteiger partial charge on any atom is 0.337 e. The third-order valence-corrected chi connectivity index (χ3v) is 6.40. The number of nitrogens with zero attached hydrogens (tertiary/aromatic N) is 3. The normalized spacial score (nSPS) is 27.8. The number of fused-ring (bicyclic) bond motifs is 2. The van der Waals surface area contributed by atoms with Crippen molar-refractivity contribution in [3.05, 3.63) is 35.4 Å². The molecule has 28 heavy (non-hydrogen) atoms. The second-order valence-electron chi connectivity index (χ2n) is 9.35. The van der Waals surface area contributed by atoms with Crippen molar-refractivity contribution in [3.8, 4) is 0 Å². The molecule has 0 aliphatic carbocycles. The van der Waals surface area contributed by atoms with Crippen LogP contribution in [0.5, 0.6) is 0 Å². The fourth-order valence-corrected chi connectivity index (χ4v) is 5.52. The minimum atomic E-state index is -0.287. The molecule has 3 saturated heterocycles. The number of piperazine rings is 1. The maximum atomic E-state index is 11.9. The first-order valence-corrected chi connectivity index (χ1v) is 10.5. The van der Waals surface area contributed by atoms with Crippen molar-refractivity contribution in [1.82, 2.24) is 14.7 Å². The Bertz CT molecular complexity index is 717. The molecule has 0 radical (unpaired) electrons. The Kier molecular flexibility index (Phi) is 5.49. The van der Waals surface area contributed by atoms with Crippen molar-refractivity contribution in [2.45, 2.75) is 44.5 Å². The van der Waals surface area contributed by atoms with E-state index in [0.717, 1.165) is 57.8 Å². The summed E-state index contributed by atoms with van der Waals surface area (Å²) in [5, 5.41) is 10.3. The Balaban J connectivity index is 1.48. The topological polar surface area (TPSA) is 56.2 Å². The fraction of sp³-hybridized carbons (Fsp3) is 0.682. The van der Waals surface area contributed by atoms with Gasteiger partial charge in [-0.2, -0.15) is 0 Å². The fourth-order valence-electron chi connectivity index (χ4n) is 5.52. The summed E-state index contributed by atoms with van der Waals surface area (Å²) >= 11 is 0. The van der Waals surface area contributed by atoms with Crippen LogP contribution in [0.1, 0.15) is 36.2 Å². The lowest BCUT2D eigenvalue weighted by molar-refractivity contribution is -0.117. The highest BCUT2D eigenvalue weighted by Crippen LogP contribution is 2.39. The van der Waals surface area contributed by atoms with E-state index in [0.29, 0.717) is 17.5 Å². The van der Waals surface area contributed by atoms with Crippen molar-refractivity contribution < 1.29 is 14.6 Å². The van der Waals surface area contributed by atoms with Gasteiger partial charge < -0.3 is 9.84 Å². The lowest BCUT2D eigenvalue weighted by Crippen LogP contribution is -2.78. The van der Waals surface area contributed by atoms with Gasteiger partial charge in [-0.25, -0.2) is 4.79 Å². The minimum Gasteiger partial charge on any atom is -0.465 e. The summed E-state index contributed by atoms with van der Waals surface area (Å²) < 4.78 is 4.86. The Morgan fingerprint density at radius 3 is 2.71 bits per heavy atom. The van der Waals surface area contributed by atoms with Crippen LogP contribution >= 0.6 is 0 Å². The summed E-state index contributed by atoms with van der Waals surface area (Å²) in [7, 11) is 1.42. The molecule has 6 nitrogen and oxygen atoms in total. The van der Waals surface area contributed by atoms with Crippen LogP contribution in [0.4, 0.5) is 0 Å². The van der Waals surface area contributed by atoms with Gasteiger partial charge in [-0.15, -0.1) is 0 Å². The largest absolute Gasteiger partial charge is 0.465 e. The van der Waals surface area contributed by atoms with Crippen LogP contribution in [0, 0.1) is 5.92 Å². The van der Waals surface area contributed by atoms with Crippen LogP contribution in [0.15, 0.2) is 24.3 Å². The van der Waals surface area contributed by atoms with E-state index in [1.165, 1.54) is 7.11 Å². The number of esters is 1. The number of likely N-dealkylation sites (tertiary alicyclic amines) is 1. The molecule has 0 aromatic heterocycles. The van der Waals surface area contributed by atoms with Gasteiger partial charge in [-0.05, 0) is 30.0 Å². The highest BCUT2D eigenvalue weighted by molar-refractivity contribution is 5.89. The van der Waals surface area contributed by atoms with Crippen molar-refractivity contribution in [2.75, 3.05) is 46.4 Å². The highest BCUT2D eigenvalue weighted by atomic mass is 16.5. The Morgan fingerprint density at radius 1 is 1.25 bits per heavy atom. The molecule has 0 unspecified atom stereocenters. The van der Waals surface area contributed by atoms with E-state index in [1.54, 1.807) is 6.07 Å². The van der Waals surface area contributed by atoms with Gasteiger partial charge in [0.05, 0.1) is 24.3 Å². The number of rotatable bonds is 5. The third kappa shape index (κ3) is 3.83. The zero-order valence-corrected chi connectivity index (χ0v) is 17.3. The molecule has 4 rings (SSSR count). The average molecular weight is 388 g/mol. The highest BCUT2D eigenvalue weighted by Gasteiger charge is 2.55. The number of hydrogen-bond donors (Lipinski definition) is 1. The number of methoxy groups -OCH3 is 1. The molecule has 1 spiro atoms. The maximum absolute atomic E-state index is 11.9. The first kappa shape index (κ1) is 19.8. The van der Waals surface area contributed by atoms with Gasteiger partial charge in [0.15, 0.2) is 0 Å². The van der Waals surface area contributed by atoms with E-state index in [9.17, 15) is 9.90 Å². The van der Waals surface area contributed by atoms with Crippen LogP contribution in [0.3, 0.4) is 0 Å². The number of hydrogen-bond acceptors (Lipinski definition) is 6. The van der Waals surface area contributed by atoms with E-state index in [-0.39, 0.29) is 17.6 Å². The zero-order chi connectivity index (χ0) is 19.9. The quantitative estimate of drug-likeness (QED) is 0.772. The molecule has 1 aromatic rings. The van der Waals surface area contributed by atoms with Gasteiger partial charge in [0.2, 0.25) is 0 Å². The van der Waals surface area contributed by atoms with Crippen molar-refractivity contribution in [2.24, 2.45) is 5.92 Å². The Morgan fingerprint density at radius 2 is 2.00 bits per heavy atom. The lowest BCUT2D eigenvalue weighted by Gasteiger charge is -2.61. The van der Waals surface area contributed by atoms with Crippen molar-refractivity contribution in [1.29, 1.82) is 0 Å². The molecule has 3 heterocycles. The van der Waals surface area contributed by atoms with E-state index < -0.39 is 0 Å².